The maximum absolute atomic E-state index is 12.0. The molecule has 1 heterocycles. The van der Waals surface area contributed by atoms with Gasteiger partial charge in [0, 0.05) is 23.5 Å². The first-order valence-corrected chi connectivity index (χ1v) is 7.84. The van der Waals surface area contributed by atoms with E-state index in [1.54, 1.807) is 18.3 Å². The van der Waals surface area contributed by atoms with Crippen LogP contribution in [0.1, 0.15) is 16.8 Å². The van der Waals surface area contributed by atoms with Gasteiger partial charge < -0.3 is 9.84 Å². The van der Waals surface area contributed by atoms with E-state index in [4.69, 9.17) is 4.74 Å². The van der Waals surface area contributed by atoms with Gasteiger partial charge in [-0.25, -0.2) is 4.79 Å². The Morgan fingerprint density at radius 3 is 1.96 bits per heavy atom. The zero-order chi connectivity index (χ0) is 17.6. The summed E-state index contributed by atoms with van der Waals surface area (Å²) in [6, 6.07) is 22.1. The molecule has 124 valence electrons. The van der Waals surface area contributed by atoms with E-state index in [0.717, 1.165) is 16.8 Å². The molecule has 0 atom stereocenters. The Labute approximate surface area is 146 Å². The minimum absolute atomic E-state index is 0.122. The number of carboxylic acids is 1. The Morgan fingerprint density at radius 1 is 0.920 bits per heavy atom. The molecule has 0 bridgehead atoms. The highest BCUT2D eigenvalue weighted by molar-refractivity contribution is 5.99. The molecule has 0 aliphatic heterocycles. The molecule has 0 aliphatic carbocycles. The van der Waals surface area contributed by atoms with Gasteiger partial charge >= 0.3 is 5.97 Å². The van der Waals surface area contributed by atoms with Crippen LogP contribution in [-0.2, 0) is 4.79 Å². The van der Waals surface area contributed by atoms with E-state index in [-0.39, 0.29) is 5.76 Å². The van der Waals surface area contributed by atoms with E-state index in [9.17, 15) is 9.90 Å². The molecule has 2 aromatic carbocycles. The van der Waals surface area contributed by atoms with E-state index >= 15 is 0 Å². The summed E-state index contributed by atoms with van der Waals surface area (Å²) in [5, 5.41) is 9.80. The minimum Gasteiger partial charge on any atom is -0.475 e. The van der Waals surface area contributed by atoms with Gasteiger partial charge in [0.25, 0.3) is 0 Å². The molecule has 3 aromatic rings. The van der Waals surface area contributed by atoms with Gasteiger partial charge in [0.2, 0.25) is 5.76 Å². The van der Waals surface area contributed by atoms with Crippen molar-refractivity contribution in [3.05, 3.63) is 102 Å². The number of ether oxygens (including phenoxy) is 1. The first-order valence-electron chi connectivity index (χ1n) is 7.84. The Balaban J connectivity index is 2.19. The monoisotopic (exact) mass is 331 g/mol. The third kappa shape index (κ3) is 3.93. The molecule has 0 aliphatic rings. The lowest BCUT2D eigenvalue weighted by Crippen LogP contribution is -2.12. The van der Waals surface area contributed by atoms with Crippen molar-refractivity contribution in [2.45, 2.75) is 6.92 Å². The number of aliphatic carboxylic acids is 1. The van der Waals surface area contributed by atoms with Gasteiger partial charge in [-0.2, -0.15) is 0 Å². The summed E-state index contributed by atoms with van der Waals surface area (Å²) < 4.78 is 5.77. The number of pyridine rings is 1. The molecule has 4 heteroatoms. The molecule has 0 unspecified atom stereocenters. The van der Waals surface area contributed by atoms with Crippen LogP contribution < -0.4 is 4.74 Å². The first-order chi connectivity index (χ1) is 12.1. The fourth-order valence-electron chi connectivity index (χ4n) is 2.54. The van der Waals surface area contributed by atoms with E-state index < -0.39 is 5.97 Å². The molecule has 25 heavy (non-hydrogen) atoms. The third-order valence-electron chi connectivity index (χ3n) is 3.63. The van der Waals surface area contributed by atoms with Crippen molar-refractivity contribution < 1.29 is 14.6 Å². The van der Waals surface area contributed by atoms with Crippen LogP contribution in [0.15, 0.2) is 84.8 Å². The number of carboxylic acid groups (broad SMARTS) is 1. The summed E-state index contributed by atoms with van der Waals surface area (Å²) in [4.78, 5) is 16.1. The topological polar surface area (TPSA) is 59.4 Å². The SMILES string of the molecule is Cc1cc(OC(C(=O)O)=C(c2ccccc2)c2ccccc2)ccn1. The smallest absolute Gasteiger partial charge is 0.372 e. The Hall–Kier alpha value is -3.40. The fourth-order valence-corrected chi connectivity index (χ4v) is 2.54. The normalized spacial score (nSPS) is 10.1. The summed E-state index contributed by atoms with van der Waals surface area (Å²) in [5.41, 5.74) is 2.83. The van der Waals surface area contributed by atoms with Crippen LogP contribution in [0.5, 0.6) is 5.75 Å². The van der Waals surface area contributed by atoms with Gasteiger partial charge in [0.15, 0.2) is 0 Å². The highest BCUT2D eigenvalue weighted by atomic mass is 16.5. The average molecular weight is 331 g/mol. The number of benzene rings is 2. The van der Waals surface area contributed by atoms with E-state index in [1.165, 1.54) is 0 Å². The number of hydrogen-bond donors (Lipinski definition) is 1. The Bertz CT molecular complexity index is 861. The molecule has 0 amide bonds. The minimum atomic E-state index is -1.13. The summed E-state index contributed by atoms with van der Waals surface area (Å²) in [6.45, 7) is 1.83. The number of rotatable bonds is 5. The maximum atomic E-state index is 12.0. The molecule has 0 fully saturated rings. The summed E-state index contributed by atoms with van der Waals surface area (Å²) in [6.07, 6.45) is 1.59. The molecule has 1 aromatic heterocycles. The van der Waals surface area contributed by atoms with Gasteiger partial charge in [0.05, 0.1) is 0 Å². The number of hydrogen-bond acceptors (Lipinski definition) is 3. The molecule has 4 nitrogen and oxygen atoms in total. The standard InChI is InChI=1S/C21H17NO3/c1-15-14-18(12-13-22-15)25-20(21(23)24)19(16-8-4-2-5-9-16)17-10-6-3-7-11-17/h2-14H,1H3,(H,23,24). The van der Waals surface area contributed by atoms with Gasteiger partial charge in [-0.15, -0.1) is 0 Å². The van der Waals surface area contributed by atoms with Crippen molar-refractivity contribution in [2.24, 2.45) is 0 Å². The van der Waals surface area contributed by atoms with Crippen molar-refractivity contribution in [2.75, 3.05) is 0 Å². The summed E-state index contributed by atoms with van der Waals surface area (Å²) in [7, 11) is 0. The lowest BCUT2D eigenvalue weighted by molar-refractivity contribution is -0.134. The van der Waals surface area contributed by atoms with E-state index in [0.29, 0.717) is 11.3 Å². The largest absolute Gasteiger partial charge is 0.475 e. The van der Waals surface area contributed by atoms with E-state index in [1.807, 2.05) is 67.6 Å². The van der Waals surface area contributed by atoms with Crippen LogP contribution >= 0.6 is 0 Å². The average Bonchev–Trinajstić information content (AvgIpc) is 2.63. The Morgan fingerprint density at radius 2 is 1.48 bits per heavy atom. The second kappa shape index (κ2) is 7.45. The highest BCUT2D eigenvalue weighted by Gasteiger charge is 2.20. The van der Waals surface area contributed by atoms with Crippen molar-refractivity contribution in [1.29, 1.82) is 0 Å². The number of nitrogens with zero attached hydrogens (tertiary/aromatic N) is 1. The van der Waals surface area contributed by atoms with Crippen LogP contribution in [0.3, 0.4) is 0 Å². The Kier molecular flexibility index (Phi) is 4.90. The van der Waals surface area contributed by atoms with Crippen LogP contribution in [-0.4, -0.2) is 16.1 Å². The van der Waals surface area contributed by atoms with Gasteiger partial charge in [-0.1, -0.05) is 60.7 Å². The van der Waals surface area contributed by atoms with Crippen LogP contribution in [0.25, 0.3) is 5.57 Å². The molecule has 0 radical (unpaired) electrons. The lowest BCUT2D eigenvalue weighted by atomic mass is 9.96. The van der Waals surface area contributed by atoms with Crippen molar-refractivity contribution in [3.63, 3.8) is 0 Å². The maximum Gasteiger partial charge on any atom is 0.372 e. The summed E-state index contributed by atoms with van der Waals surface area (Å²) >= 11 is 0. The molecular formula is C21H17NO3. The van der Waals surface area contributed by atoms with Crippen molar-refractivity contribution in [3.8, 4) is 5.75 Å². The highest BCUT2D eigenvalue weighted by Crippen LogP contribution is 2.29. The summed E-state index contributed by atoms with van der Waals surface area (Å²) in [5.74, 6) is -0.811. The zero-order valence-corrected chi connectivity index (χ0v) is 13.7. The zero-order valence-electron chi connectivity index (χ0n) is 13.7. The molecule has 1 N–H and O–H groups in total. The van der Waals surface area contributed by atoms with Crippen molar-refractivity contribution >= 4 is 11.5 Å². The molecule has 0 saturated carbocycles. The molecule has 0 spiro atoms. The number of aryl methyl sites for hydroxylation is 1. The van der Waals surface area contributed by atoms with Gasteiger partial charge in [-0.3, -0.25) is 4.98 Å². The van der Waals surface area contributed by atoms with Gasteiger partial charge in [-0.05, 0) is 24.1 Å². The quantitative estimate of drug-likeness (QED) is 0.559. The second-order valence-corrected chi connectivity index (χ2v) is 5.48. The fraction of sp³-hybridized carbons (Fsp3) is 0.0476. The number of aromatic nitrogens is 1. The number of carbonyl (C=O) groups is 1. The van der Waals surface area contributed by atoms with E-state index in [2.05, 4.69) is 4.98 Å². The van der Waals surface area contributed by atoms with Gasteiger partial charge in [0.1, 0.15) is 5.75 Å². The molecular weight excluding hydrogens is 314 g/mol. The molecule has 3 rings (SSSR count). The molecule has 0 saturated heterocycles. The predicted molar refractivity (Wildman–Crippen MR) is 96.1 cm³/mol. The van der Waals surface area contributed by atoms with Crippen LogP contribution in [0.2, 0.25) is 0 Å². The van der Waals surface area contributed by atoms with Crippen LogP contribution in [0.4, 0.5) is 0 Å². The van der Waals surface area contributed by atoms with Crippen LogP contribution in [0, 0.1) is 6.92 Å². The second-order valence-electron chi connectivity index (χ2n) is 5.48. The third-order valence-corrected chi connectivity index (χ3v) is 3.63. The van der Waals surface area contributed by atoms with Crippen molar-refractivity contribution in [1.82, 2.24) is 4.98 Å². The lowest BCUT2D eigenvalue weighted by Gasteiger charge is -2.14. The predicted octanol–water partition coefficient (Wildman–Crippen LogP) is 4.31. The first kappa shape index (κ1) is 16.5.